The number of nitrogens with zero attached hydrogens (tertiary/aromatic N) is 3. The zero-order valence-corrected chi connectivity index (χ0v) is 18.2. The van der Waals surface area contributed by atoms with Crippen LogP contribution >= 0.6 is 0 Å². The van der Waals surface area contributed by atoms with Gasteiger partial charge >= 0.3 is 6.18 Å². The number of rotatable bonds is 7. The van der Waals surface area contributed by atoms with Gasteiger partial charge in [-0.2, -0.15) is 13.2 Å². The average molecular weight is 434 g/mol. The number of amides is 1. The fourth-order valence-electron chi connectivity index (χ4n) is 4.08. The van der Waals surface area contributed by atoms with Gasteiger partial charge in [-0.15, -0.1) is 0 Å². The number of hydrogen-bond donors (Lipinski definition) is 0. The van der Waals surface area contributed by atoms with Gasteiger partial charge in [0.25, 0.3) is 0 Å². The van der Waals surface area contributed by atoms with E-state index in [9.17, 15) is 18.0 Å². The topological polar surface area (TPSA) is 36.4 Å². The molecule has 0 unspecified atom stereocenters. The number of piperidine rings is 1. The van der Waals surface area contributed by atoms with E-state index in [4.69, 9.17) is 0 Å². The van der Waals surface area contributed by atoms with Crippen molar-refractivity contribution in [3.63, 3.8) is 0 Å². The van der Waals surface area contributed by atoms with E-state index >= 15 is 0 Å². The summed E-state index contributed by atoms with van der Waals surface area (Å²) < 4.78 is 38.1. The third kappa shape index (κ3) is 6.29. The van der Waals surface area contributed by atoms with E-state index in [1.54, 1.807) is 0 Å². The molecule has 1 aromatic carbocycles. The molecule has 1 aromatic heterocycles. The van der Waals surface area contributed by atoms with Crippen molar-refractivity contribution in [2.45, 2.75) is 45.2 Å². The van der Waals surface area contributed by atoms with Gasteiger partial charge in [0, 0.05) is 30.9 Å². The largest absolute Gasteiger partial charge is 0.416 e. The van der Waals surface area contributed by atoms with Crippen molar-refractivity contribution in [2.75, 3.05) is 32.7 Å². The first-order chi connectivity index (χ1) is 14.8. The highest BCUT2D eigenvalue weighted by Crippen LogP contribution is 2.30. The Hall–Kier alpha value is -2.41. The van der Waals surface area contributed by atoms with Crippen molar-refractivity contribution in [3.8, 4) is 0 Å². The van der Waals surface area contributed by atoms with E-state index in [1.165, 1.54) is 12.1 Å². The number of halogens is 3. The minimum Gasteiger partial charge on any atom is -0.342 e. The van der Waals surface area contributed by atoms with Gasteiger partial charge in [0.15, 0.2) is 0 Å². The zero-order valence-electron chi connectivity index (χ0n) is 18.2. The lowest BCUT2D eigenvalue weighted by atomic mass is 9.92. The summed E-state index contributed by atoms with van der Waals surface area (Å²) in [7, 11) is 0. The van der Waals surface area contributed by atoms with Crippen LogP contribution in [0.4, 0.5) is 13.2 Å². The summed E-state index contributed by atoms with van der Waals surface area (Å²) in [5, 5.41) is 0. The Labute approximate surface area is 182 Å². The second-order valence-electron chi connectivity index (χ2n) is 8.08. The molecule has 0 aliphatic carbocycles. The molecule has 7 heteroatoms. The molecule has 3 rings (SSSR count). The minimum absolute atomic E-state index is 0.189. The maximum atomic E-state index is 12.7. The summed E-state index contributed by atoms with van der Waals surface area (Å²) in [5.74, 6) is 0.564. The molecule has 0 spiro atoms. The van der Waals surface area contributed by atoms with Crippen LogP contribution in [-0.4, -0.2) is 53.4 Å². The lowest BCUT2D eigenvalue weighted by Crippen LogP contribution is -2.43. The Bertz CT molecular complexity index is 838. The second kappa shape index (κ2) is 10.3. The zero-order chi connectivity index (χ0) is 22.4. The van der Waals surface area contributed by atoms with Crippen LogP contribution in [0.5, 0.6) is 0 Å². The summed E-state index contributed by atoms with van der Waals surface area (Å²) in [6.45, 7) is 7.73. The summed E-state index contributed by atoms with van der Waals surface area (Å²) in [4.78, 5) is 21.0. The summed E-state index contributed by atoms with van der Waals surface area (Å²) in [6, 6.07) is 9.32. The first-order valence-electron chi connectivity index (χ1n) is 10.9. The predicted molar refractivity (Wildman–Crippen MR) is 115 cm³/mol. The molecular formula is C24H30F3N3O. The lowest BCUT2D eigenvalue weighted by molar-refractivity contribution is -0.137. The average Bonchev–Trinajstić information content (AvgIpc) is 2.75. The molecule has 1 saturated heterocycles. The minimum atomic E-state index is -4.31. The molecule has 0 radical (unpaired) electrons. The van der Waals surface area contributed by atoms with E-state index in [0.717, 1.165) is 68.0 Å². The number of hydrogen-bond acceptors (Lipinski definition) is 3. The highest BCUT2D eigenvalue weighted by molar-refractivity contribution is 5.78. The number of carbonyl (C=O) groups is 1. The van der Waals surface area contributed by atoms with Gasteiger partial charge in [-0.05, 0) is 75.5 Å². The number of likely N-dealkylation sites (tertiary alicyclic amines) is 1. The van der Waals surface area contributed by atoms with Gasteiger partial charge in [-0.3, -0.25) is 14.7 Å². The molecule has 0 N–H and O–H groups in total. The van der Waals surface area contributed by atoms with Gasteiger partial charge in [0.05, 0.1) is 12.1 Å². The van der Waals surface area contributed by atoms with Crippen LogP contribution in [-0.2, 0) is 17.4 Å². The highest BCUT2D eigenvalue weighted by Gasteiger charge is 2.30. The smallest absolute Gasteiger partial charge is 0.342 e. The van der Waals surface area contributed by atoms with Gasteiger partial charge in [0.1, 0.15) is 0 Å². The van der Waals surface area contributed by atoms with Crippen molar-refractivity contribution in [1.82, 2.24) is 14.8 Å². The van der Waals surface area contributed by atoms with Crippen LogP contribution in [0.25, 0.3) is 0 Å². The maximum Gasteiger partial charge on any atom is 0.416 e. The molecule has 1 fully saturated rings. The number of pyridine rings is 1. The van der Waals surface area contributed by atoms with Crippen molar-refractivity contribution in [3.05, 3.63) is 65.0 Å². The summed E-state index contributed by atoms with van der Waals surface area (Å²) in [5.41, 5.74) is 2.22. The predicted octanol–water partition coefficient (Wildman–Crippen LogP) is 4.74. The van der Waals surface area contributed by atoms with Crippen LogP contribution in [0, 0.1) is 0 Å². The van der Waals surface area contributed by atoms with Crippen LogP contribution in [0.15, 0.2) is 42.6 Å². The maximum absolute atomic E-state index is 12.7. The summed E-state index contributed by atoms with van der Waals surface area (Å²) >= 11 is 0. The van der Waals surface area contributed by atoms with Crippen molar-refractivity contribution in [2.24, 2.45) is 0 Å². The molecule has 168 valence electrons. The molecule has 2 heterocycles. The van der Waals surface area contributed by atoms with Crippen LogP contribution in [0.3, 0.4) is 0 Å². The van der Waals surface area contributed by atoms with E-state index in [1.807, 2.05) is 37.1 Å². The van der Waals surface area contributed by atoms with Crippen LogP contribution < -0.4 is 0 Å². The number of alkyl halides is 3. The Kier molecular flexibility index (Phi) is 7.70. The van der Waals surface area contributed by atoms with Crippen molar-refractivity contribution < 1.29 is 18.0 Å². The van der Waals surface area contributed by atoms with E-state index in [-0.39, 0.29) is 5.91 Å². The molecule has 2 aromatic rings. The van der Waals surface area contributed by atoms with Crippen molar-refractivity contribution >= 4 is 5.91 Å². The molecule has 1 aliphatic rings. The van der Waals surface area contributed by atoms with Crippen molar-refractivity contribution in [1.29, 1.82) is 0 Å². The van der Waals surface area contributed by atoms with Gasteiger partial charge in [0.2, 0.25) is 5.91 Å². The van der Waals surface area contributed by atoms with Crippen LogP contribution in [0.1, 0.15) is 55.0 Å². The molecule has 0 saturated carbocycles. The second-order valence-corrected chi connectivity index (χ2v) is 8.08. The quantitative estimate of drug-likeness (QED) is 0.633. The monoisotopic (exact) mass is 433 g/mol. The Morgan fingerprint density at radius 2 is 1.65 bits per heavy atom. The fourth-order valence-corrected chi connectivity index (χ4v) is 4.08. The molecule has 1 aliphatic heterocycles. The third-order valence-electron chi connectivity index (χ3n) is 6.02. The molecule has 0 bridgehead atoms. The molecule has 31 heavy (non-hydrogen) atoms. The van der Waals surface area contributed by atoms with Crippen LogP contribution in [0.2, 0.25) is 0 Å². The van der Waals surface area contributed by atoms with Gasteiger partial charge in [-0.25, -0.2) is 0 Å². The number of benzene rings is 1. The molecular weight excluding hydrogens is 403 g/mol. The standard InChI is InChI=1S/C24H30F3N3O/c1-3-30(4-2)23(31)17-29-13-11-20(12-14-29)22-10-7-19(16-28-22)15-18-5-8-21(9-6-18)24(25,26)27/h5-10,16,20H,3-4,11-15,17H2,1-2H3. The fraction of sp³-hybridized carbons (Fsp3) is 0.500. The molecule has 4 nitrogen and oxygen atoms in total. The van der Waals surface area contributed by atoms with E-state index in [2.05, 4.69) is 9.88 Å². The summed E-state index contributed by atoms with van der Waals surface area (Å²) in [6.07, 6.45) is 0.00412. The number of likely N-dealkylation sites (N-methyl/N-ethyl adjacent to an activating group) is 1. The number of carbonyl (C=O) groups excluding carboxylic acids is 1. The molecule has 1 amide bonds. The van der Waals surface area contributed by atoms with E-state index < -0.39 is 11.7 Å². The third-order valence-corrected chi connectivity index (χ3v) is 6.02. The van der Waals surface area contributed by atoms with Gasteiger partial charge < -0.3 is 4.90 Å². The highest BCUT2D eigenvalue weighted by atomic mass is 19.4. The molecule has 0 atom stereocenters. The lowest BCUT2D eigenvalue weighted by Gasteiger charge is -2.32. The first-order valence-corrected chi connectivity index (χ1v) is 10.9. The normalized spacial score (nSPS) is 15.8. The van der Waals surface area contributed by atoms with E-state index in [0.29, 0.717) is 18.9 Å². The number of aromatic nitrogens is 1. The SMILES string of the molecule is CCN(CC)C(=O)CN1CCC(c2ccc(Cc3ccc(C(F)(F)F)cc3)cn2)CC1. The first kappa shape index (κ1) is 23.3. The Balaban J connectivity index is 1.51. The van der Waals surface area contributed by atoms with Gasteiger partial charge in [-0.1, -0.05) is 18.2 Å². The Morgan fingerprint density at radius 1 is 1.03 bits per heavy atom. The Morgan fingerprint density at radius 3 is 2.16 bits per heavy atom.